The van der Waals surface area contributed by atoms with E-state index in [0.717, 1.165) is 59.3 Å². The number of aryl methyl sites for hydroxylation is 1. The minimum absolute atomic E-state index is 0.257. The molecule has 8 heteroatoms. The number of halogens is 1. The zero-order chi connectivity index (χ0) is 23.8. The molecule has 2 heterocycles. The molecule has 0 spiro atoms. The third-order valence-electron chi connectivity index (χ3n) is 6.20. The van der Waals surface area contributed by atoms with E-state index < -0.39 is 15.3 Å². The van der Waals surface area contributed by atoms with E-state index in [1.54, 1.807) is 20.9 Å². The van der Waals surface area contributed by atoms with Gasteiger partial charge >= 0.3 is 0 Å². The normalized spacial score (nSPS) is 14.8. The Morgan fingerprint density at radius 3 is 2.55 bits per heavy atom. The maximum Gasteiger partial charge on any atom is 0.216 e. The van der Waals surface area contributed by atoms with Crippen LogP contribution in [0.5, 0.6) is 0 Å². The Bertz CT molecular complexity index is 1240. The predicted molar refractivity (Wildman–Crippen MR) is 133 cm³/mol. The SMILES string of the molecule is Cc1ccc(-n2nc(CN(C)S(=O)(=O)C(C)C)c3c2CCN(Cc2cccc(Cl)c2)C3)cc1. The highest BCUT2D eigenvalue weighted by atomic mass is 35.5. The van der Waals surface area contributed by atoms with Crippen LogP contribution in [0.15, 0.2) is 48.5 Å². The van der Waals surface area contributed by atoms with Crippen molar-refractivity contribution >= 4 is 21.6 Å². The summed E-state index contributed by atoms with van der Waals surface area (Å²) in [5.41, 5.74) is 6.45. The van der Waals surface area contributed by atoms with Crippen LogP contribution in [-0.4, -0.2) is 46.2 Å². The van der Waals surface area contributed by atoms with Crippen molar-refractivity contribution in [2.45, 2.75) is 52.1 Å². The molecular weight excluding hydrogens is 456 g/mol. The Morgan fingerprint density at radius 2 is 1.88 bits per heavy atom. The first-order chi connectivity index (χ1) is 15.6. The van der Waals surface area contributed by atoms with Gasteiger partial charge in [-0.1, -0.05) is 41.4 Å². The van der Waals surface area contributed by atoms with E-state index in [4.69, 9.17) is 16.7 Å². The zero-order valence-corrected chi connectivity index (χ0v) is 21.2. The predicted octanol–water partition coefficient (Wildman–Crippen LogP) is 4.56. The minimum Gasteiger partial charge on any atom is -0.294 e. The van der Waals surface area contributed by atoms with Crippen molar-refractivity contribution in [3.63, 3.8) is 0 Å². The van der Waals surface area contributed by atoms with Crippen LogP contribution in [0.2, 0.25) is 5.02 Å². The molecule has 2 aromatic carbocycles. The summed E-state index contributed by atoms with van der Waals surface area (Å²) in [5.74, 6) is 0. The summed E-state index contributed by atoms with van der Waals surface area (Å²) < 4.78 is 28.9. The number of aromatic nitrogens is 2. The molecular formula is C25H31ClN4O2S. The molecule has 0 bridgehead atoms. The number of hydrogen-bond donors (Lipinski definition) is 0. The van der Waals surface area contributed by atoms with Gasteiger partial charge in [-0.3, -0.25) is 4.90 Å². The summed E-state index contributed by atoms with van der Waals surface area (Å²) in [6.45, 7) is 8.14. The molecule has 33 heavy (non-hydrogen) atoms. The lowest BCUT2D eigenvalue weighted by molar-refractivity contribution is 0.242. The summed E-state index contributed by atoms with van der Waals surface area (Å²) in [6, 6.07) is 16.2. The highest BCUT2D eigenvalue weighted by Gasteiger charge is 2.29. The van der Waals surface area contributed by atoms with Gasteiger partial charge in [-0.25, -0.2) is 13.1 Å². The van der Waals surface area contributed by atoms with Crippen LogP contribution in [0.25, 0.3) is 5.69 Å². The molecule has 0 aliphatic carbocycles. The quantitative estimate of drug-likeness (QED) is 0.491. The van der Waals surface area contributed by atoms with Gasteiger partial charge in [-0.15, -0.1) is 0 Å². The monoisotopic (exact) mass is 486 g/mol. The standard InChI is InChI=1S/C25H31ClN4O2S/c1-18(2)33(31,32)28(4)17-24-23-16-29(15-20-6-5-7-21(26)14-20)13-12-25(23)30(27-24)22-10-8-19(3)9-11-22/h5-11,14,18H,12-13,15-17H2,1-4H3. The Morgan fingerprint density at radius 1 is 1.15 bits per heavy atom. The molecule has 0 amide bonds. The van der Waals surface area contributed by atoms with E-state index >= 15 is 0 Å². The van der Waals surface area contributed by atoms with Gasteiger partial charge in [0.05, 0.1) is 28.9 Å². The van der Waals surface area contributed by atoms with Crippen LogP contribution >= 0.6 is 11.6 Å². The Balaban J connectivity index is 1.68. The average molecular weight is 487 g/mol. The molecule has 1 aliphatic rings. The fraction of sp³-hybridized carbons (Fsp3) is 0.400. The van der Waals surface area contributed by atoms with Crippen LogP contribution in [0.3, 0.4) is 0 Å². The maximum absolute atomic E-state index is 12.7. The third kappa shape index (κ3) is 5.17. The molecule has 0 saturated carbocycles. The van der Waals surface area contributed by atoms with Crippen molar-refractivity contribution in [3.05, 3.63) is 81.6 Å². The summed E-state index contributed by atoms with van der Waals surface area (Å²) in [5, 5.41) is 5.18. The number of nitrogens with zero attached hydrogens (tertiary/aromatic N) is 4. The van der Waals surface area contributed by atoms with Crippen molar-refractivity contribution in [2.24, 2.45) is 0 Å². The first-order valence-electron chi connectivity index (χ1n) is 11.2. The molecule has 3 aromatic rings. The first-order valence-corrected chi connectivity index (χ1v) is 13.1. The van der Waals surface area contributed by atoms with Crippen molar-refractivity contribution < 1.29 is 8.42 Å². The molecule has 0 radical (unpaired) electrons. The summed E-state index contributed by atoms with van der Waals surface area (Å²) in [4.78, 5) is 2.37. The molecule has 0 fully saturated rings. The van der Waals surface area contributed by atoms with Crippen molar-refractivity contribution in [2.75, 3.05) is 13.6 Å². The van der Waals surface area contributed by atoms with Gasteiger partial charge in [0.15, 0.2) is 0 Å². The van der Waals surface area contributed by atoms with E-state index in [0.29, 0.717) is 0 Å². The molecule has 1 aliphatic heterocycles. The van der Waals surface area contributed by atoms with Gasteiger partial charge in [0.2, 0.25) is 10.0 Å². The number of benzene rings is 2. The Hall–Kier alpha value is -2.19. The second-order valence-electron chi connectivity index (χ2n) is 9.06. The van der Waals surface area contributed by atoms with E-state index in [1.165, 1.54) is 9.87 Å². The average Bonchev–Trinajstić information content (AvgIpc) is 3.12. The zero-order valence-electron chi connectivity index (χ0n) is 19.6. The number of sulfonamides is 1. The highest BCUT2D eigenvalue weighted by Crippen LogP contribution is 2.28. The van der Waals surface area contributed by atoms with Gasteiger partial charge < -0.3 is 0 Å². The van der Waals surface area contributed by atoms with E-state index in [9.17, 15) is 8.42 Å². The van der Waals surface area contributed by atoms with Crippen LogP contribution in [0.1, 0.15) is 41.9 Å². The highest BCUT2D eigenvalue weighted by molar-refractivity contribution is 7.89. The molecule has 176 valence electrons. The van der Waals surface area contributed by atoms with Crippen LogP contribution in [0.4, 0.5) is 0 Å². The third-order valence-corrected chi connectivity index (χ3v) is 8.62. The number of fused-ring (bicyclic) bond motifs is 1. The molecule has 0 unspecified atom stereocenters. The van der Waals surface area contributed by atoms with Crippen LogP contribution in [0, 0.1) is 6.92 Å². The van der Waals surface area contributed by atoms with Gasteiger partial charge in [0.25, 0.3) is 0 Å². The second kappa shape index (κ2) is 9.58. The molecule has 0 saturated heterocycles. The summed E-state index contributed by atoms with van der Waals surface area (Å²) in [6.07, 6.45) is 0.845. The topological polar surface area (TPSA) is 58.4 Å². The summed E-state index contributed by atoms with van der Waals surface area (Å²) >= 11 is 6.18. The van der Waals surface area contributed by atoms with E-state index in [1.807, 2.05) is 22.9 Å². The first kappa shape index (κ1) is 24.0. The van der Waals surface area contributed by atoms with Crippen LogP contribution < -0.4 is 0 Å². The number of hydrogen-bond acceptors (Lipinski definition) is 4. The summed E-state index contributed by atoms with van der Waals surface area (Å²) in [7, 11) is -1.74. The van der Waals surface area contributed by atoms with E-state index in [2.05, 4.69) is 42.2 Å². The van der Waals surface area contributed by atoms with Crippen molar-refractivity contribution in [3.8, 4) is 5.69 Å². The molecule has 1 aromatic heterocycles. The van der Waals surface area contributed by atoms with Gasteiger partial charge in [-0.2, -0.15) is 9.40 Å². The lowest BCUT2D eigenvalue weighted by atomic mass is 10.0. The van der Waals surface area contributed by atoms with Gasteiger partial charge in [-0.05, 0) is 50.6 Å². The second-order valence-corrected chi connectivity index (χ2v) is 12.1. The van der Waals surface area contributed by atoms with Crippen molar-refractivity contribution in [1.82, 2.24) is 19.0 Å². The smallest absolute Gasteiger partial charge is 0.216 e. The van der Waals surface area contributed by atoms with Crippen LogP contribution in [-0.2, 0) is 36.1 Å². The lowest BCUT2D eigenvalue weighted by Crippen LogP contribution is -2.34. The lowest BCUT2D eigenvalue weighted by Gasteiger charge is -2.28. The van der Waals surface area contributed by atoms with Crippen molar-refractivity contribution in [1.29, 1.82) is 0 Å². The molecule has 0 atom stereocenters. The molecule has 4 rings (SSSR count). The Kier molecular flexibility index (Phi) is 6.96. The van der Waals surface area contributed by atoms with Gasteiger partial charge in [0.1, 0.15) is 0 Å². The Labute approximate surface area is 201 Å². The molecule has 0 N–H and O–H groups in total. The van der Waals surface area contributed by atoms with Gasteiger partial charge in [0, 0.05) is 43.7 Å². The molecule has 6 nitrogen and oxygen atoms in total. The maximum atomic E-state index is 12.7. The number of rotatable bonds is 7. The largest absolute Gasteiger partial charge is 0.294 e. The minimum atomic E-state index is -3.37. The van der Waals surface area contributed by atoms with E-state index in [-0.39, 0.29) is 6.54 Å². The fourth-order valence-corrected chi connectivity index (χ4v) is 5.49. The fourth-order valence-electron chi connectivity index (χ4n) is 4.26.